The number of benzene rings is 1. The average molecular weight is 343 g/mol. The minimum absolute atomic E-state index is 0.155. The highest BCUT2D eigenvalue weighted by Crippen LogP contribution is 2.21. The highest BCUT2D eigenvalue weighted by Gasteiger charge is 2.10. The number of aryl methyl sites for hydroxylation is 2. The molecule has 2 aromatic heterocycles. The van der Waals surface area contributed by atoms with Crippen molar-refractivity contribution in [2.75, 3.05) is 16.9 Å². The number of nitrogens with zero attached hydrogens (tertiary/aromatic N) is 6. The maximum atomic E-state index is 5.83. The van der Waals surface area contributed by atoms with Crippen molar-refractivity contribution in [2.45, 2.75) is 24.8 Å². The van der Waals surface area contributed by atoms with Crippen molar-refractivity contribution in [1.29, 1.82) is 0 Å². The summed E-state index contributed by atoms with van der Waals surface area (Å²) in [6.45, 7) is 3.78. The topological polar surface area (TPSA) is 133 Å². The van der Waals surface area contributed by atoms with E-state index in [0.29, 0.717) is 28.5 Å². The van der Waals surface area contributed by atoms with Gasteiger partial charge in [0.15, 0.2) is 0 Å². The predicted molar refractivity (Wildman–Crippen MR) is 93.2 cm³/mol. The number of aromatic nitrogens is 6. The van der Waals surface area contributed by atoms with Crippen LogP contribution in [0.25, 0.3) is 0 Å². The van der Waals surface area contributed by atoms with Crippen LogP contribution < -0.4 is 16.9 Å². The normalized spacial score (nSPS) is 10.8. The van der Waals surface area contributed by atoms with E-state index < -0.39 is 0 Å². The van der Waals surface area contributed by atoms with Crippen LogP contribution in [0.15, 0.2) is 29.4 Å². The third kappa shape index (κ3) is 3.54. The maximum absolute atomic E-state index is 5.83. The Morgan fingerprint density at radius 2 is 1.92 bits per heavy atom. The molecule has 24 heavy (non-hydrogen) atoms. The number of nitrogens with one attached hydrogen (secondary N) is 1. The first-order valence-electron chi connectivity index (χ1n) is 7.16. The molecule has 9 nitrogen and oxygen atoms in total. The third-order valence-electron chi connectivity index (χ3n) is 3.26. The van der Waals surface area contributed by atoms with E-state index in [9.17, 15) is 0 Å². The zero-order valence-electron chi connectivity index (χ0n) is 13.3. The zero-order valence-corrected chi connectivity index (χ0v) is 14.1. The number of hydrogen-bond donors (Lipinski definition) is 3. The Morgan fingerprint density at radius 3 is 2.62 bits per heavy atom. The first-order valence-corrected chi connectivity index (χ1v) is 8.14. The van der Waals surface area contributed by atoms with Gasteiger partial charge in [0.1, 0.15) is 11.6 Å². The molecule has 3 rings (SSSR count). The molecule has 0 atom stereocenters. The summed E-state index contributed by atoms with van der Waals surface area (Å²) >= 11 is 1.38. The molecule has 0 aliphatic rings. The van der Waals surface area contributed by atoms with Crippen LogP contribution in [0.5, 0.6) is 0 Å². The number of thioether (sulfide) groups is 1. The van der Waals surface area contributed by atoms with Crippen molar-refractivity contribution in [2.24, 2.45) is 0 Å². The van der Waals surface area contributed by atoms with Crippen LogP contribution in [-0.2, 0) is 5.75 Å². The summed E-state index contributed by atoms with van der Waals surface area (Å²) in [5.74, 6) is 8.00. The number of rotatable bonds is 5. The number of hydrogen-bond acceptors (Lipinski definition) is 9. The van der Waals surface area contributed by atoms with Crippen LogP contribution in [0.3, 0.4) is 0 Å². The van der Waals surface area contributed by atoms with Crippen molar-refractivity contribution in [1.82, 2.24) is 29.8 Å². The quantitative estimate of drug-likeness (QED) is 0.464. The van der Waals surface area contributed by atoms with Gasteiger partial charge in [-0.25, -0.2) is 4.68 Å². The molecule has 0 spiro atoms. The van der Waals surface area contributed by atoms with E-state index >= 15 is 0 Å². The van der Waals surface area contributed by atoms with Gasteiger partial charge in [0.25, 0.3) is 0 Å². The monoisotopic (exact) mass is 343 g/mol. The van der Waals surface area contributed by atoms with Gasteiger partial charge < -0.3 is 16.9 Å². The highest BCUT2D eigenvalue weighted by atomic mass is 32.2. The molecule has 0 aliphatic carbocycles. The molecule has 5 N–H and O–H groups in total. The second-order valence-corrected chi connectivity index (χ2v) is 6.00. The van der Waals surface area contributed by atoms with Gasteiger partial charge in [0, 0.05) is 5.69 Å². The van der Waals surface area contributed by atoms with E-state index in [1.807, 2.05) is 31.2 Å². The molecule has 0 fully saturated rings. The predicted octanol–water partition coefficient (Wildman–Crippen LogP) is 1.41. The third-order valence-corrected chi connectivity index (χ3v) is 4.19. The minimum Gasteiger partial charge on any atom is -0.368 e. The molecule has 0 radical (unpaired) electrons. The Morgan fingerprint density at radius 1 is 1.12 bits per heavy atom. The number of anilines is 3. The number of nitrogen functional groups attached to an aromatic ring is 2. The number of nitrogens with two attached hydrogens (primary N) is 2. The molecule has 3 aromatic rings. The molecular formula is C14H17N9S. The fourth-order valence-corrected chi connectivity index (χ4v) is 2.73. The van der Waals surface area contributed by atoms with Gasteiger partial charge in [-0.3, -0.25) is 0 Å². The molecule has 0 unspecified atom stereocenters. The fourth-order valence-electron chi connectivity index (χ4n) is 1.97. The molecule has 0 bridgehead atoms. The van der Waals surface area contributed by atoms with Crippen LogP contribution in [0, 0.1) is 13.8 Å². The molecule has 1 aromatic carbocycles. The minimum atomic E-state index is 0.155. The van der Waals surface area contributed by atoms with Crippen molar-refractivity contribution >= 4 is 29.3 Å². The largest absolute Gasteiger partial charge is 0.368 e. The SMILES string of the molecule is Cc1ccccc1Nc1nc(N)nc(CSc2nnc(C)n2N)n1. The average Bonchev–Trinajstić information content (AvgIpc) is 2.86. The Balaban J connectivity index is 1.76. The lowest BCUT2D eigenvalue weighted by atomic mass is 10.2. The lowest BCUT2D eigenvalue weighted by Crippen LogP contribution is -2.12. The van der Waals surface area contributed by atoms with Crippen molar-refractivity contribution in [3.63, 3.8) is 0 Å². The zero-order chi connectivity index (χ0) is 17.1. The molecule has 10 heteroatoms. The van der Waals surface area contributed by atoms with E-state index in [2.05, 4.69) is 30.5 Å². The first-order chi connectivity index (χ1) is 11.5. The van der Waals surface area contributed by atoms with Crippen molar-refractivity contribution < 1.29 is 0 Å². The second-order valence-electron chi connectivity index (χ2n) is 5.06. The molecule has 0 aliphatic heterocycles. The summed E-state index contributed by atoms with van der Waals surface area (Å²) < 4.78 is 1.42. The summed E-state index contributed by atoms with van der Waals surface area (Å²) in [6, 6.07) is 7.85. The van der Waals surface area contributed by atoms with Gasteiger partial charge in [-0.15, -0.1) is 10.2 Å². The second kappa shape index (κ2) is 6.71. The molecule has 0 amide bonds. The maximum Gasteiger partial charge on any atom is 0.232 e. The Hall–Kier alpha value is -2.88. The molecule has 124 valence electrons. The molecule has 0 saturated heterocycles. The van der Waals surface area contributed by atoms with E-state index in [4.69, 9.17) is 11.6 Å². The van der Waals surface area contributed by atoms with Crippen LogP contribution >= 0.6 is 11.8 Å². The van der Waals surface area contributed by atoms with Crippen LogP contribution in [-0.4, -0.2) is 29.8 Å². The van der Waals surface area contributed by atoms with Gasteiger partial charge >= 0.3 is 0 Å². The molecular weight excluding hydrogens is 326 g/mol. The van der Waals surface area contributed by atoms with Gasteiger partial charge in [-0.1, -0.05) is 30.0 Å². The summed E-state index contributed by atoms with van der Waals surface area (Å²) in [6.07, 6.45) is 0. The lowest BCUT2D eigenvalue weighted by molar-refractivity contribution is 0.823. The van der Waals surface area contributed by atoms with Crippen LogP contribution in [0.1, 0.15) is 17.2 Å². The lowest BCUT2D eigenvalue weighted by Gasteiger charge is -2.09. The summed E-state index contributed by atoms with van der Waals surface area (Å²) in [5.41, 5.74) is 7.78. The van der Waals surface area contributed by atoms with Gasteiger partial charge in [0.2, 0.25) is 17.1 Å². The summed E-state index contributed by atoms with van der Waals surface area (Å²) in [5, 5.41) is 11.6. The molecule has 2 heterocycles. The van der Waals surface area contributed by atoms with Gasteiger partial charge in [-0.05, 0) is 25.5 Å². The summed E-state index contributed by atoms with van der Waals surface area (Å²) in [7, 11) is 0. The standard InChI is InChI=1S/C14H17N9S/c1-8-5-3-4-6-10(8)17-13-19-11(18-12(15)20-13)7-24-14-22-21-9(2)23(14)16/h3-6H,7,16H2,1-2H3,(H3,15,17,18,19,20). The van der Waals surface area contributed by atoms with Crippen molar-refractivity contribution in [3.05, 3.63) is 41.5 Å². The smallest absolute Gasteiger partial charge is 0.232 e. The van der Waals surface area contributed by atoms with E-state index in [0.717, 1.165) is 11.3 Å². The van der Waals surface area contributed by atoms with E-state index in [1.165, 1.54) is 16.4 Å². The van der Waals surface area contributed by atoms with Crippen LogP contribution in [0.4, 0.5) is 17.6 Å². The van der Waals surface area contributed by atoms with E-state index in [-0.39, 0.29) is 5.95 Å². The summed E-state index contributed by atoms with van der Waals surface area (Å²) in [4.78, 5) is 12.7. The highest BCUT2D eigenvalue weighted by molar-refractivity contribution is 7.98. The Bertz CT molecular complexity index is 861. The number of para-hydroxylation sites is 1. The Labute approximate surface area is 142 Å². The van der Waals surface area contributed by atoms with E-state index in [1.54, 1.807) is 6.92 Å². The van der Waals surface area contributed by atoms with Crippen molar-refractivity contribution in [3.8, 4) is 0 Å². The fraction of sp³-hybridized carbons (Fsp3) is 0.214. The molecule has 0 saturated carbocycles. The van der Waals surface area contributed by atoms with Gasteiger partial charge in [-0.2, -0.15) is 15.0 Å². The first kappa shape index (κ1) is 16.0. The van der Waals surface area contributed by atoms with Crippen LogP contribution in [0.2, 0.25) is 0 Å². The van der Waals surface area contributed by atoms with Gasteiger partial charge in [0.05, 0.1) is 5.75 Å². The Kier molecular flexibility index (Phi) is 4.47.